The third-order valence-electron chi connectivity index (χ3n) is 1.06. The molecule has 0 amide bonds. The minimum atomic E-state index is 0. The number of para-hydroxylation sites is 1. The summed E-state index contributed by atoms with van der Waals surface area (Å²) in [5, 5.41) is 8.88. The van der Waals surface area contributed by atoms with Gasteiger partial charge in [-0.05, 0) is 12.1 Å². The Morgan fingerprint density at radius 1 is 1.17 bits per heavy atom. The van der Waals surface area contributed by atoms with Gasteiger partial charge in [0, 0.05) is 0 Å². The predicted octanol–water partition coefficient (Wildman–Crippen LogP) is -4.79. The van der Waals surface area contributed by atoms with E-state index in [0.29, 0.717) is 11.8 Å². The maximum atomic E-state index is 10.1. The van der Waals surface area contributed by atoms with Crippen molar-refractivity contribution < 1.29 is 56.4 Å². The molecule has 0 fully saturated rings. The molecule has 0 spiro atoms. The van der Waals surface area contributed by atoms with Crippen LogP contribution in [0.25, 0.3) is 0 Å². The summed E-state index contributed by atoms with van der Waals surface area (Å²) in [4.78, 5) is 10.1. The van der Waals surface area contributed by atoms with E-state index >= 15 is 0 Å². The van der Waals surface area contributed by atoms with Gasteiger partial charge >= 0.3 is 21.7 Å². The predicted molar refractivity (Wildman–Crippen MR) is 33.5 cm³/mol. The van der Waals surface area contributed by atoms with Crippen molar-refractivity contribution in [2.75, 3.05) is 0 Å². The zero-order valence-electron chi connectivity index (χ0n) is 6.00. The van der Waals surface area contributed by atoms with Crippen LogP contribution in [0.4, 0.5) is 0 Å². The summed E-state index contributed by atoms with van der Waals surface area (Å²) in [5.74, 6) is 0.0347. The van der Waals surface area contributed by atoms with Crippen LogP contribution in [0.3, 0.4) is 0 Å². The maximum Gasteiger partial charge on any atom is 2.00 e. The number of phenolic OH excluding ortho intramolecular Hbond substituents is 1. The second kappa shape index (κ2) is 9.08. The molecule has 0 aliphatic heterocycles. The molecule has 1 aromatic carbocycles. The summed E-state index contributed by atoms with van der Waals surface area (Å²) in [7, 11) is 0. The second-order valence-electron chi connectivity index (χ2n) is 1.68. The number of phenols is 1. The van der Waals surface area contributed by atoms with Crippen LogP contribution in [-0.4, -0.2) is 11.4 Å². The molecular formula is C7H6Cl2O2Ti. The Kier molecular flexibility index (Phi) is 13.5. The molecule has 64 valence electrons. The van der Waals surface area contributed by atoms with Gasteiger partial charge in [0.05, 0.1) is 5.56 Å². The van der Waals surface area contributed by atoms with Crippen molar-refractivity contribution in [2.45, 2.75) is 0 Å². The van der Waals surface area contributed by atoms with Gasteiger partial charge in [0.15, 0.2) is 6.29 Å². The van der Waals surface area contributed by atoms with Crippen molar-refractivity contribution in [1.82, 2.24) is 0 Å². The molecule has 0 saturated carbocycles. The van der Waals surface area contributed by atoms with Crippen molar-refractivity contribution in [1.29, 1.82) is 0 Å². The van der Waals surface area contributed by atoms with Crippen LogP contribution in [0, 0.1) is 0 Å². The Bertz CT molecular complexity index is 230. The Balaban J connectivity index is -0.000000270. The average molecular weight is 241 g/mol. The molecule has 0 heterocycles. The summed E-state index contributed by atoms with van der Waals surface area (Å²) < 4.78 is 0. The summed E-state index contributed by atoms with van der Waals surface area (Å²) in [6, 6.07) is 6.40. The minimum absolute atomic E-state index is 0. The van der Waals surface area contributed by atoms with Gasteiger partial charge in [0.2, 0.25) is 0 Å². The van der Waals surface area contributed by atoms with Crippen LogP contribution in [0.1, 0.15) is 10.4 Å². The Hall–Kier alpha value is -0.0157. The molecule has 0 atom stereocenters. The Morgan fingerprint density at radius 2 is 1.67 bits per heavy atom. The van der Waals surface area contributed by atoms with Gasteiger partial charge in [-0.2, -0.15) is 0 Å². The fraction of sp³-hybridized carbons (Fsp3) is 0. The molecule has 1 N–H and O–H groups in total. The number of rotatable bonds is 1. The fourth-order valence-corrected chi connectivity index (χ4v) is 0.587. The number of aldehydes is 1. The molecule has 0 aliphatic carbocycles. The van der Waals surface area contributed by atoms with Gasteiger partial charge in [-0.3, -0.25) is 4.79 Å². The van der Waals surface area contributed by atoms with E-state index in [1.807, 2.05) is 0 Å². The zero-order valence-corrected chi connectivity index (χ0v) is 9.07. The molecular weight excluding hydrogens is 235 g/mol. The fourth-order valence-electron chi connectivity index (χ4n) is 0.587. The van der Waals surface area contributed by atoms with Gasteiger partial charge in [-0.1, -0.05) is 12.1 Å². The zero-order chi connectivity index (χ0) is 6.69. The normalized spacial score (nSPS) is 6.67. The smallest absolute Gasteiger partial charge is 1.00 e. The summed E-state index contributed by atoms with van der Waals surface area (Å²) in [5.41, 5.74) is 0.331. The van der Waals surface area contributed by atoms with Crippen molar-refractivity contribution in [3.05, 3.63) is 29.8 Å². The minimum Gasteiger partial charge on any atom is -1.00 e. The third-order valence-corrected chi connectivity index (χ3v) is 1.06. The first kappa shape index (κ1) is 17.9. The van der Waals surface area contributed by atoms with Crippen molar-refractivity contribution in [3.63, 3.8) is 0 Å². The van der Waals surface area contributed by atoms with Crippen molar-refractivity contribution in [3.8, 4) is 5.75 Å². The molecule has 0 saturated heterocycles. The van der Waals surface area contributed by atoms with E-state index in [9.17, 15) is 4.79 Å². The quantitative estimate of drug-likeness (QED) is 0.396. The number of hydrogen-bond donors (Lipinski definition) is 1. The Labute approximate surface area is 98.1 Å². The number of benzene rings is 1. The van der Waals surface area contributed by atoms with Crippen LogP contribution in [-0.2, 0) is 21.7 Å². The van der Waals surface area contributed by atoms with E-state index in [2.05, 4.69) is 0 Å². The van der Waals surface area contributed by atoms with Crippen molar-refractivity contribution >= 4 is 6.29 Å². The van der Waals surface area contributed by atoms with Crippen LogP contribution in [0.5, 0.6) is 5.75 Å². The monoisotopic (exact) mass is 240 g/mol. The molecule has 1 rings (SSSR count). The Morgan fingerprint density at radius 3 is 2.00 bits per heavy atom. The van der Waals surface area contributed by atoms with Gasteiger partial charge < -0.3 is 29.9 Å². The van der Waals surface area contributed by atoms with Crippen LogP contribution >= 0.6 is 0 Å². The molecule has 0 aliphatic rings. The summed E-state index contributed by atoms with van der Waals surface area (Å²) >= 11 is 0. The number of aromatic hydroxyl groups is 1. The first-order chi connectivity index (χ1) is 4.34. The second-order valence-corrected chi connectivity index (χ2v) is 1.68. The van der Waals surface area contributed by atoms with Crippen molar-refractivity contribution in [2.24, 2.45) is 0 Å². The van der Waals surface area contributed by atoms with Crippen LogP contribution < -0.4 is 24.8 Å². The topological polar surface area (TPSA) is 37.3 Å². The molecule has 0 bridgehead atoms. The van der Waals surface area contributed by atoms with E-state index < -0.39 is 0 Å². The van der Waals surface area contributed by atoms with Crippen LogP contribution in [0.2, 0.25) is 0 Å². The SMILES string of the molecule is O=Cc1ccccc1O.[Cl-].[Cl-].[Ti+2]. The van der Waals surface area contributed by atoms with Gasteiger partial charge in [-0.15, -0.1) is 0 Å². The van der Waals surface area contributed by atoms with E-state index in [0.717, 1.165) is 0 Å². The third kappa shape index (κ3) is 4.78. The number of carbonyl (C=O) groups excluding carboxylic acids is 1. The van der Waals surface area contributed by atoms with Gasteiger partial charge in [-0.25, -0.2) is 0 Å². The van der Waals surface area contributed by atoms with E-state index in [-0.39, 0.29) is 52.3 Å². The first-order valence-corrected chi connectivity index (χ1v) is 2.58. The number of carbonyl (C=O) groups is 1. The van der Waals surface area contributed by atoms with Gasteiger partial charge in [0.1, 0.15) is 5.75 Å². The molecule has 0 aromatic heterocycles. The number of halogens is 2. The largest absolute Gasteiger partial charge is 2.00 e. The molecule has 5 heteroatoms. The molecule has 0 radical (unpaired) electrons. The standard InChI is InChI=1S/C7H6O2.2ClH.Ti/c8-5-6-3-1-2-4-7(6)9;;;/h1-5,9H;2*1H;/q;;;+2/p-2. The van der Waals surface area contributed by atoms with E-state index in [4.69, 9.17) is 5.11 Å². The first-order valence-electron chi connectivity index (χ1n) is 2.58. The average Bonchev–Trinajstić information content (AvgIpc) is 1.89. The van der Waals surface area contributed by atoms with E-state index in [1.54, 1.807) is 18.2 Å². The number of hydrogen-bond acceptors (Lipinski definition) is 2. The molecule has 2 nitrogen and oxygen atoms in total. The summed E-state index contributed by atoms with van der Waals surface area (Å²) in [6.07, 6.45) is 0.620. The van der Waals surface area contributed by atoms with Crippen LogP contribution in [0.15, 0.2) is 24.3 Å². The van der Waals surface area contributed by atoms with E-state index in [1.165, 1.54) is 6.07 Å². The molecule has 1 aromatic rings. The molecule has 0 unspecified atom stereocenters. The van der Waals surface area contributed by atoms with Gasteiger partial charge in [0.25, 0.3) is 0 Å². The maximum absolute atomic E-state index is 10.1. The molecule has 12 heavy (non-hydrogen) atoms. The summed E-state index contributed by atoms with van der Waals surface area (Å²) in [6.45, 7) is 0.